The zero-order valence-corrected chi connectivity index (χ0v) is 13.6. The molecule has 0 aliphatic carbocycles. The highest BCUT2D eigenvalue weighted by Gasteiger charge is 2.31. The van der Waals surface area contributed by atoms with Crippen molar-refractivity contribution in [3.8, 4) is 0 Å². The standard InChI is InChI=1S/C16H27NO3S/c1-13(2)17-16(12-19,14-6-4-3-5-7-14)8-9-21-11-15(20)10-18/h3-7,13,15,17-20H,8-12H2,1-2H3. The van der Waals surface area contributed by atoms with Gasteiger partial charge in [-0.05, 0) is 31.6 Å². The lowest BCUT2D eigenvalue weighted by Gasteiger charge is -2.36. The summed E-state index contributed by atoms with van der Waals surface area (Å²) >= 11 is 1.59. The van der Waals surface area contributed by atoms with E-state index in [9.17, 15) is 10.2 Å². The molecule has 1 aromatic carbocycles. The van der Waals surface area contributed by atoms with Crippen LogP contribution in [0, 0.1) is 0 Å². The molecule has 21 heavy (non-hydrogen) atoms. The van der Waals surface area contributed by atoms with Crippen molar-refractivity contribution in [1.29, 1.82) is 0 Å². The highest BCUT2D eigenvalue weighted by atomic mass is 32.2. The number of aliphatic hydroxyl groups excluding tert-OH is 3. The van der Waals surface area contributed by atoms with Crippen LogP contribution in [0.5, 0.6) is 0 Å². The monoisotopic (exact) mass is 313 g/mol. The molecule has 0 bridgehead atoms. The molecule has 1 aromatic rings. The molecule has 0 fully saturated rings. The van der Waals surface area contributed by atoms with E-state index < -0.39 is 11.6 Å². The van der Waals surface area contributed by atoms with Gasteiger partial charge in [-0.1, -0.05) is 30.3 Å². The number of rotatable bonds is 10. The van der Waals surface area contributed by atoms with Crippen molar-refractivity contribution in [2.75, 3.05) is 24.7 Å². The van der Waals surface area contributed by atoms with E-state index in [0.717, 1.165) is 17.7 Å². The molecule has 0 aromatic heterocycles. The molecule has 4 N–H and O–H groups in total. The third kappa shape index (κ3) is 5.96. The van der Waals surface area contributed by atoms with Crippen LogP contribution in [0.15, 0.2) is 30.3 Å². The molecule has 0 amide bonds. The van der Waals surface area contributed by atoms with Crippen molar-refractivity contribution < 1.29 is 15.3 Å². The Balaban J connectivity index is 2.73. The average Bonchev–Trinajstić information content (AvgIpc) is 2.50. The first kappa shape index (κ1) is 18.5. The fourth-order valence-electron chi connectivity index (χ4n) is 2.34. The van der Waals surface area contributed by atoms with Gasteiger partial charge in [0.1, 0.15) is 0 Å². The molecule has 0 saturated heterocycles. The predicted octanol–water partition coefficient (Wildman–Crippen LogP) is 1.35. The second-order valence-electron chi connectivity index (χ2n) is 5.57. The van der Waals surface area contributed by atoms with E-state index in [-0.39, 0.29) is 19.3 Å². The molecule has 0 spiro atoms. The third-order valence-electron chi connectivity index (χ3n) is 3.36. The predicted molar refractivity (Wildman–Crippen MR) is 88.5 cm³/mol. The average molecular weight is 313 g/mol. The number of hydrogen-bond acceptors (Lipinski definition) is 5. The molecule has 2 atom stereocenters. The summed E-state index contributed by atoms with van der Waals surface area (Å²) in [6.45, 7) is 3.95. The Morgan fingerprint density at radius 3 is 2.38 bits per heavy atom. The molecule has 5 heteroatoms. The van der Waals surface area contributed by atoms with Crippen molar-refractivity contribution in [3.63, 3.8) is 0 Å². The SMILES string of the molecule is CC(C)NC(CO)(CCSCC(O)CO)c1ccccc1. The lowest BCUT2D eigenvalue weighted by atomic mass is 9.87. The molecule has 0 radical (unpaired) electrons. The smallest absolute Gasteiger partial charge is 0.0861 e. The lowest BCUT2D eigenvalue weighted by molar-refractivity contribution is 0.113. The molecule has 0 heterocycles. The molecular weight excluding hydrogens is 286 g/mol. The Morgan fingerprint density at radius 1 is 1.19 bits per heavy atom. The van der Waals surface area contributed by atoms with E-state index in [2.05, 4.69) is 19.2 Å². The van der Waals surface area contributed by atoms with Gasteiger partial charge in [-0.2, -0.15) is 11.8 Å². The quantitative estimate of drug-likeness (QED) is 0.491. The Labute approximate surface area is 131 Å². The van der Waals surface area contributed by atoms with Crippen LogP contribution in [-0.2, 0) is 5.54 Å². The molecule has 4 nitrogen and oxygen atoms in total. The first-order chi connectivity index (χ1) is 10.0. The van der Waals surface area contributed by atoms with Crippen LogP contribution >= 0.6 is 11.8 Å². The highest BCUT2D eigenvalue weighted by molar-refractivity contribution is 7.99. The minimum atomic E-state index is -0.673. The molecule has 120 valence electrons. The van der Waals surface area contributed by atoms with Crippen LogP contribution in [0.4, 0.5) is 0 Å². The first-order valence-corrected chi connectivity index (χ1v) is 8.50. The molecule has 0 aliphatic rings. The summed E-state index contributed by atoms with van der Waals surface area (Å²) in [7, 11) is 0. The number of hydrogen-bond donors (Lipinski definition) is 4. The van der Waals surface area contributed by atoms with Crippen molar-refractivity contribution >= 4 is 11.8 Å². The van der Waals surface area contributed by atoms with E-state index >= 15 is 0 Å². The van der Waals surface area contributed by atoms with Gasteiger partial charge in [-0.15, -0.1) is 0 Å². The zero-order valence-electron chi connectivity index (χ0n) is 12.8. The number of benzene rings is 1. The van der Waals surface area contributed by atoms with E-state index in [1.54, 1.807) is 11.8 Å². The van der Waals surface area contributed by atoms with Gasteiger partial charge < -0.3 is 20.6 Å². The highest BCUT2D eigenvalue weighted by Crippen LogP contribution is 2.27. The van der Waals surface area contributed by atoms with Crippen LogP contribution < -0.4 is 5.32 Å². The molecule has 0 aliphatic heterocycles. The van der Waals surface area contributed by atoms with Crippen LogP contribution in [0.1, 0.15) is 25.8 Å². The molecule has 2 unspecified atom stereocenters. The van der Waals surface area contributed by atoms with Gasteiger partial charge in [0.05, 0.1) is 24.9 Å². The maximum atomic E-state index is 9.97. The first-order valence-electron chi connectivity index (χ1n) is 7.35. The normalized spacial score (nSPS) is 15.9. The fourth-order valence-corrected chi connectivity index (χ4v) is 3.38. The van der Waals surface area contributed by atoms with Crippen LogP contribution in [-0.4, -0.2) is 52.2 Å². The Bertz CT molecular complexity index is 388. The van der Waals surface area contributed by atoms with Crippen molar-refractivity contribution in [2.24, 2.45) is 0 Å². The van der Waals surface area contributed by atoms with Gasteiger partial charge in [-0.3, -0.25) is 0 Å². The van der Waals surface area contributed by atoms with Crippen molar-refractivity contribution in [3.05, 3.63) is 35.9 Å². The minimum absolute atomic E-state index is 0.0261. The summed E-state index contributed by atoms with van der Waals surface area (Å²) < 4.78 is 0. The summed E-state index contributed by atoms with van der Waals surface area (Å²) in [5, 5.41) is 31.7. The summed E-state index contributed by atoms with van der Waals surface area (Å²) in [6.07, 6.45) is 0.0856. The molecular formula is C16H27NO3S. The Kier molecular flexibility index (Phi) is 8.29. The van der Waals surface area contributed by atoms with E-state index in [1.807, 2.05) is 30.3 Å². The van der Waals surface area contributed by atoms with Crippen molar-refractivity contribution in [1.82, 2.24) is 5.32 Å². The summed E-state index contributed by atoms with van der Waals surface area (Å²) in [6, 6.07) is 10.2. The van der Waals surface area contributed by atoms with Gasteiger partial charge in [0, 0.05) is 11.8 Å². The maximum absolute atomic E-state index is 9.97. The van der Waals surface area contributed by atoms with Crippen molar-refractivity contribution in [2.45, 2.75) is 38.0 Å². The lowest BCUT2D eigenvalue weighted by Crippen LogP contribution is -2.49. The number of thioether (sulfide) groups is 1. The van der Waals surface area contributed by atoms with E-state index in [1.165, 1.54) is 0 Å². The largest absolute Gasteiger partial charge is 0.394 e. The topological polar surface area (TPSA) is 72.7 Å². The molecule has 0 saturated carbocycles. The van der Waals surface area contributed by atoms with Gasteiger partial charge in [0.2, 0.25) is 0 Å². The second kappa shape index (κ2) is 9.43. The van der Waals surface area contributed by atoms with Gasteiger partial charge >= 0.3 is 0 Å². The van der Waals surface area contributed by atoms with E-state index in [0.29, 0.717) is 5.75 Å². The molecule has 1 rings (SSSR count). The van der Waals surface area contributed by atoms with Crippen LogP contribution in [0.25, 0.3) is 0 Å². The van der Waals surface area contributed by atoms with Gasteiger partial charge in [-0.25, -0.2) is 0 Å². The summed E-state index contributed by atoms with van der Waals surface area (Å²) in [5.41, 5.74) is 0.608. The number of nitrogens with one attached hydrogen (secondary N) is 1. The summed E-state index contributed by atoms with van der Waals surface area (Å²) in [5.74, 6) is 1.31. The zero-order chi connectivity index (χ0) is 15.7. The minimum Gasteiger partial charge on any atom is -0.394 e. The fraction of sp³-hybridized carbons (Fsp3) is 0.625. The van der Waals surface area contributed by atoms with Crippen LogP contribution in [0.2, 0.25) is 0 Å². The maximum Gasteiger partial charge on any atom is 0.0861 e. The number of aliphatic hydroxyl groups is 3. The van der Waals surface area contributed by atoms with Gasteiger partial charge in [0.15, 0.2) is 0 Å². The Hall–Kier alpha value is -0.590. The second-order valence-corrected chi connectivity index (χ2v) is 6.72. The van der Waals surface area contributed by atoms with E-state index in [4.69, 9.17) is 5.11 Å². The summed E-state index contributed by atoms with van der Waals surface area (Å²) in [4.78, 5) is 0. The Morgan fingerprint density at radius 2 is 1.86 bits per heavy atom. The third-order valence-corrected chi connectivity index (χ3v) is 4.47. The van der Waals surface area contributed by atoms with Gasteiger partial charge in [0.25, 0.3) is 0 Å². The van der Waals surface area contributed by atoms with Crippen LogP contribution in [0.3, 0.4) is 0 Å².